The molecule has 186 valence electrons. The number of hydrogen-bond donors (Lipinski definition) is 6. The van der Waals surface area contributed by atoms with Crippen molar-refractivity contribution in [3.8, 4) is 16.9 Å². The number of benzene rings is 3. The lowest BCUT2D eigenvalue weighted by Crippen LogP contribution is -2.60. The summed E-state index contributed by atoms with van der Waals surface area (Å²) >= 11 is 0. The molecule has 3 aromatic rings. The summed E-state index contributed by atoms with van der Waals surface area (Å²) in [6.45, 7) is -0.698. The number of sulfonamides is 1. The first-order valence-corrected chi connectivity index (χ1v) is 12.0. The zero-order valence-corrected chi connectivity index (χ0v) is 18.9. The Balaban J connectivity index is 1.85. The number of aliphatic hydroxyl groups is 4. The Morgan fingerprint density at radius 2 is 1.69 bits per heavy atom. The molecule has 3 aromatic carbocycles. The first-order chi connectivity index (χ1) is 16.5. The molecule has 1 saturated heterocycles. The highest BCUT2D eigenvalue weighted by Gasteiger charge is 2.45. The summed E-state index contributed by atoms with van der Waals surface area (Å²) in [5.41, 5.74) is 0.769. The summed E-state index contributed by atoms with van der Waals surface area (Å²) in [5, 5.41) is 55.2. The summed E-state index contributed by atoms with van der Waals surface area (Å²) in [6, 6.07) is 13.7. The molecule has 0 bridgehead atoms. The van der Waals surface area contributed by atoms with E-state index >= 15 is 0 Å². The molecule has 1 aliphatic heterocycles. The average Bonchev–Trinajstić information content (AvgIpc) is 2.83. The lowest BCUT2D eigenvalue weighted by Gasteiger charge is -2.39. The third-order valence-electron chi connectivity index (χ3n) is 5.78. The first-order valence-electron chi connectivity index (χ1n) is 10.4. The van der Waals surface area contributed by atoms with Gasteiger partial charge in [0.2, 0.25) is 16.3 Å². The molecule has 0 saturated carbocycles. The Morgan fingerprint density at radius 3 is 2.34 bits per heavy atom. The van der Waals surface area contributed by atoms with Crippen LogP contribution in [-0.2, 0) is 14.8 Å². The summed E-state index contributed by atoms with van der Waals surface area (Å²) in [4.78, 5) is 11.2. The predicted molar refractivity (Wildman–Crippen MR) is 122 cm³/mol. The van der Waals surface area contributed by atoms with Crippen LogP contribution in [0.1, 0.15) is 10.4 Å². The first kappa shape index (κ1) is 25.0. The van der Waals surface area contributed by atoms with Gasteiger partial charge < -0.3 is 35.0 Å². The number of ether oxygens (including phenoxy) is 2. The third kappa shape index (κ3) is 4.73. The minimum absolute atomic E-state index is 0.0118. The predicted octanol–water partition coefficient (Wildman–Crippen LogP) is 0.0311. The van der Waals surface area contributed by atoms with Gasteiger partial charge in [-0.1, -0.05) is 36.4 Å². The number of rotatable bonds is 6. The second-order valence-corrected chi connectivity index (χ2v) is 9.54. The molecule has 4 rings (SSSR count). The molecule has 1 heterocycles. The summed E-state index contributed by atoms with van der Waals surface area (Å²) in [6.07, 6.45) is -8.04. The molecule has 11 nitrogen and oxygen atoms in total. The van der Waals surface area contributed by atoms with Crippen molar-refractivity contribution in [1.82, 2.24) is 0 Å². The van der Waals surface area contributed by atoms with Gasteiger partial charge in [-0.2, -0.15) is 0 Å². The number of primary sulfonamides is 1. The van der Waals surface area contributed by atoms with Gasteiger partial charge in [0.1, 0.15) is 35.1 Å². The number of aromatic carboxylic acids is 1. The molecule has 0 amide bonds. The van der Waals surface area contributed by atoms with Crippen LogP contribution in [0, 0.1) is 0 Å². The van der Waals surface area contributed by atoms with Crippen LogP contribution >= 0.6 is 0 Å². The van der Waals surface area contributed by atoms with E-state index in [9.17, 15) is 38.7 Å². The Kier molecular flexibility index (Phi) is 6.79. The summed E-state index contributed by atoms with van der Waals surface area (Å²) in [7, 11) is -4.44. The van der Waals surface area contributed by atoms with Crippen molar-refractivity contribution in [3.63, 3.8) is 0 Å². The van der Waals surface area contributed by atoms with Gasteiger partial charge >= 0.3 is 5.97 Å². The number of carbonyl (C=O) groups is 1. The van der Waals surface area contributed by atoms with Gasteiger partial charge in [0.05, 0.1) is 12.2 Å². The van der Waals surface area contributed by atoms with Crippen LogP contribution in [0.3, 0.4) is 0 Å². The molecular weight excluding hydrogens is 482 g/mol. The molecular formula is C23H23NO10S. The minimum Gasteiger partial charge on any atom is -0.478 e. The molecule has 12 heteroatoms. The molecule has 5 atom stereocenters. The van der Waals surface area contributed by atoms with E-state index < -0.39 is 58.2 Å². The summed E-state index contributed by atoms with van der Waals surface area (Å²) in [5.74, 6) is -1.47. The fourth-order valence-corrected chi connectivity index (χ4v) is 4.92. The van der Waals surface area contributed by atoms with E-state index in [1.807, 2.05) is 0 Å². The number of nitrogens with two attached hydrogens (primary N) is 1. The second kappa shape index (κ2) is 9.51. The van der Waals surface area contributed by atoms with Gasteiger partial charge in [0, 0.05) is 5.39 Å². The zero-order chi connectivity index (χ0) is 25.5. The van der Waals surface area contributed by atoms with Gasteiger partial charge in [-0.25, -0.2) is 18.4 Å². The van der Waals surface area contributed by atoms with Gasteiger partial charge in [0.15, 0.2) is 0 Å². The number of hydrogen-bond acceptors (Lipinski definition) is 9. The van der Waals surface area contributed by atoms with Crippen LogP contribution < -0.4 is 9.88 Å². The highest BCUT2D eigenvalue weighted by molar-refractivity contribution is 7.89. The van der Waals surface area contributed by atoms with Gasteiger partial charge in [-0.15, -0.1) is 0 Å². The number of carboxylic acid groups (broad SMARTS) is 1. The van der Waals surface area contributed by atoms with Crippen LogP contribution in [-0.4, -0.2) is 77.2 Å². The van der Waals surface area contributed by atoms with E-state index in [1.165, 1.54) is 24.3 Å². The third-order valence-corrected chi connectivity index (χ3v) is 6.77. The molecule has 0 radical (unpaired) electrons. The molecule has 0 spiro atoms. The Morgan fingerprint density at radius 1 is 1.00 bits per heavy atom. The maximum Gasteiger partial charge on any atom is 0.336 e. The van der Waals surface area contributed by atoms with Crippen LogP contribution in [0.25, 0.3) is 21.9 Å². The van der Waals surface area contributed by atoms with E-state index in [-0.39, 0.29) is 16.7 Å². The molecule has 0 unspecified atom stereocenters. The molecule has 1 aliphatic rings. The highest BCUT2D eigenvalue weighted by Crippen LogP contribution is 2.36. The number of aliphatic hydroxyl groups excluding tert-OH is 4. The van der Waals surface area contributed by atoms with Gasteiger partial charge in [-0.3, -0.25) is 0 Å². The zero-order valence-electron chi connectivity index (χ0n) is 18.1. The van der Waals surface area contributed by atoms with E-state index in [1.54, 1.807) is 30.3 Å². The lowest BCUT2D eigenvalue weighted by atomic mass is 9.97. The van der Waals surface area contributed by atoms with Crippen LogP contribution in [0.15, 0.2) is 59.5 Å². The molecule has 35 heavy (non-hydrogen) atoms. The van der Waals surface area contributed by atoms with Crippen LogP contribution in [0.5, 0.6) is 5.75 Å². The molecule has 7 N–H and O–H groups in total. The SMILES string of the molecule is NS(=O)(=O)c1c(O[C@@H]2O[C@H](CO)[C@@H](O)[C@H](O)[C@H]2O)ccc2ccc(-c3ccccc3C(=O)O)cc12. The quantitative estimate of drug-likeness (QED) is 0.266. The topological polar surface area (TPSA) is 197 Å². The average molecular weight is 506 g/mol. The van der Waals surface area contributed by atoms with Gasteiger partial charge in [0.25, 0.3) is 0 Å². The second-order valence-electron chi connectivity index (χ2n) is 8.04. The van der Waals surface area contributed by atoms with Crippen LogP contribution in [0.4, 0.5) is 0 Å². The molecule has 0 aromatic heterocycles. The monoisotopic (exact) mass is 505 g/mol. The van der Waals surface area contributed by atoms with Crippen molar-refractivity contribution in [2.45, 2.75) is 35.6 Å². The maximum atomic E-state index is 12.6. The lowest BCUT2D eigenvalue weighted by molar-refractivity contribution is -0.277. The van der Waals surface area contributed by atoms with Crippen molar-refractivity contribution in [2.24, 2.45) is 5.14 Å². The smallest absolute Gasteiger partial charge is 0.336 e. The van der Waals surface area contributed by atoms with E-state index in [2.05, 4.69) is 0 Å². The minimum atomic E-state index is -4.44. The maximum absolute atomic E-state index is 12.6. The summed E-state index contributed by atoms with van der Waals surface area (Å²) < 4.78 is 36.1. The van der Waals surface area contributed by atoms with Gasteiger partial charge in [-0.05, 0) is 34.7 Å². The fraction of sp³-hybridized carbons (Fsp3) is 0.261. The van der Waals surface area contributed by atoms with Crippen molar-refractivity contribution in [3.05, 3.63) is 60.2 Å². The number of carboxylic acids is 1. The highest BCUT2D eigenvalue weighted by atomic mass is 32.2. The standard InChI is InChI=1S/C23H23NO10S/c24-35(31,32)21-15-9-12(13-3-1-2-4-14(13)22(29)30)6-5-11(15)7-8-16(21)33-23-20(28)19(27)18(26)17(10-25)34-23/h1-9,17-20,23,25-28H,10H2,(H,29,30)(H2,24,31,32)/t17-,18-,19+,20-,23-/m1/s1. The Hall–Kier alpha value is -3.10. The van der Waals surface area contributed by atoms with E-state index in [0.717, 1.165) is 0 Å². The van der Waals surface area contributed by atoms with Crippen molar-refractivity contribution >= 4 is 26.8 Å². The largest absolute Gasteiger partial charge is 0.478 e. The molecule has 1 fully saturated rings. The fourth-order valence-electron chi connectivity index (χ4n) is 4.04. The normalized spacial score (nSPS) is 24.9. The van der Waals surface area contributed by atoms with Crippen LogP contribution in [0.2, 0.25) is 0 Å². The molecule has 0 aliphatic carbocycles. The van der Waals surface area contributed by atoms with Crippen molar-refractivity contribution < 1.29 is 48.2 Å². The Bertz CT molecular complexity index is 1370. The van der Waals surface area contributed by atoms with Crippen molar-refractivity contribution in [1.29, 1.82) is 0 Å². The van der Waals surface area contributed by atoms with Crippen molar-refractivity contribution in [2.75, 3.05) is 6.61 Å². The number of fused-ring (bicyclic) bond motifs is 1. The Labute approximate surface area is 199 Å². The van der Waals surface area contributed by atoms with E-state index in [4.69, 9.17) is 14.6 Å². The van der Waals surface area contributed by atoms with E-state index in [0.29, 0.717) is 16.5 Å².